The zero-order valence-corrected chi connectivity index (χ0v) is 12.4. The number of carboxylic acid groups (broad SMARTS) is 1. The summed E-state index contributed by atoms with van der Waals surface area (Å²) in [7, 11) is -3.49. The molecule has 8 heteroatoms. The molecule has 1 aliphatic rings. The topological polar surface area (TPSA) is 104 Å². The van der Waals surface area contributed by atoms with Crippen LogP contribution in [0.2, 0.25) is 0 Å². The third kappa shape index (κ3) is 4.08. The number of nitrogen functional groups attached to an aromatic ring is 1. The lowest BCUT2D eigenvalue weighted by atomic mass is 10.2. The number of nitrogens with two attached hydrogens (primary N) is 1. The predicted octanol–water partition coefficient (Wildman–Crippen LogP) is 0.195. The lowest BCUT2D eigenvalue weighted by Crippen LogP contribution is -2.49. The molecule has 0 radical (unpaired) electrons. The SMILES string of the molecule is Nc1cccc(N2CCN(S(=O)(=O)CCC(=O)O)CC2)c1. The van der Waals surface area contributed by atoms with Crippen molar-refractivity contribution in [3.8, 4) is 0 Å². The lowest BCUT2D eigenvalue weighted by molar-refractivity contribution is -0.136. The molecule has 1 saturated heterocycles. The molecule has 21 heavy (non-hydrogen) atoms. The second kappa shape index (κ2) is 6.31. The van der Waals surface area contributed by atoms with E-state index in [-0.39, 0.29) is 12.2 Å². The van der Waals surface area contributed by atoms with E-state index in [2.05, 4.69) is 4.90 Å². The van der Waals surface area contributed by atoms with E-state index in [9.17, 15) is 13.2 Å². The van der Waals surface area contributed by atoms with Crippen molar-refractivity contribution in [3.05, 3.63) is 24.3 Å². The van der Waals surface area contributed by atoms with E-state index in [4.69, 9.17) is 10.8 Å². The fourth-order valence-corrected chi connectivity index (χ4v) is 3.70. The van der Waals surface area contributed by atoms with Gasteiger partial charge in [-0.15, -0.1) is 0 Å². The van der Waals surface area contributed by atoms with Gasteiger partial charge >= 0.3 is 5.97 Å². The number of carbonyl (C=O) groups is 1. The molecule has 0 spiro atoms. The van der Waals surface area contributed by atoms with Crippen molar-refractivity contribution in [2.75, 3.05) is 42.6 Å². The number of nitrogens with zero attached hydrogens (tertiary/aromatic N) is 2. The second-order valence-electron chi connectivity index (χ2n) is 4.94. The third-order valence-electron chi connectivity index (χ3n) is 3.44. The molecule has 1 aliphatic heterocycles. The van der Waals surface area contributed by atoms with Crippen molar-refractivity contribution < 1.29 is 18.3 Å². The van der Waals surface area contributed by atoms with Crippen molar-refractivity contribution in [2.45, 2.75) is 6.42 Å². The summed E-state index contributed by atoms with van der Waals surface area (Å²) in [6.07, 6.45) is -0.363. The Morgan fingerprint density at radius 2 is 1.90 bits per heavy atom. The van der Waals surface area contributed by atoms with Crippen LogP contribution in [0.1, 0.15) is 6.42 Å². The molecule has 0 saturated carbocycles. The summed E-state index contributed by atoms with van der Waals surface area (Å²) in [5.41, 5.74) is 7.38. The van der Waals surface area contributed by atoms with E-state index in [1.807, 2.05) is 18.2 Å². The number of sulfonamides is 1. The highest BCUT2D eigenvalue weighted by Crippen LogP contribution is 2.20. The Morgan fingerprint density at radius 1 is 1.24 bits per heavy atom. The highest BCUT2D eigenvalue weighted by atomic mass is 32.2. The smallest absolute Gasteiger partial charge is 0.304 e. The van der Waals surface area contributed by atoms with Gasteiger partial charge in [-0.2, -0.15) is 4.31 Å². The highest BCUT2D eigenvalue weighted by Gasteiger charge is 2.27. The van der Waals surface area contributed by atoms with E-state index in [1.165, 1.54) is 4.31 Å². The van der Waals surface area contributed by atoms with Crippen molar-refractivity contribution in [1.29, 1.82) is 0 Å². The Labute approximate surface area is 124 Å². The van der Waals surface area contributed by atoms with E-state index in [1.54, 1.807) is 6.07 Å². The normalized spacial score (nSPS) is 16.9. The molecule has 1 fully saturated rings. The van der Waals surface area contributed by atoms with Gasteiger partial charge < -0.3 is 15.7 Å². The van der Waals surface area contributed by atoms with Crippen LogP contribution in [0.15, 0.2) is 24.3 Å². The molecule has 3 N–H and O–H groups in total. The number of hydrogen-bond acceptors (Lipinski definition) is 5. The van der Waals surface area contributed by atoms with Gasteiger partial charge in [0, 0.05) is 37.6 Å². The minimum atomic E-state index is -3.49. The second-order valence-corrected chi connectivity index (χ2v) is 7.03. The van der Waals surface area contributed by atoms with Gasteiger partial charge in [-0.1, -0.05) is 6.07 Å². The van der Waals surface area contributed by atoms with E-state index in [0.717, 1.165) is 5.69 Å². The van der Waals surface area contributed by atoms with Crippen LogP contribution in [0.25, 0.3) is 0 Å². The largest absolute Gasteiger partial charge is 0.481 e. The summed E-state index contributed by atoms with van der Waals surface area (Å²) in [4.78, 5) is 12.6. The molecule has 116 valence electrons. The average molecular weight is 313 g/mol. The first kappa shape index (κ1) is 15.6. The first-order valence-electron chi connectivity index (χ1n) is 6.68. The van der Waals surface area contributed by atoms with Crippen LogP contribution >= 0.6 is 0 Å². The van der Waals surface area contributed by atoms with Gasteiger partial charge in [0.25, 0.3) is 0 Å². The quantitative estimate of drug-likeness (QED) is 0.752. The molecular formula is C13H19N3O4S. The summed E-state index contributed by atoms with van der Waals surface area (Å²) in [6.45, 7) is 1.85. The maximum absolute atomic E-state index is 12.0. The van der Waals surface area contributed by atoms with E-state index in [0.29, 0.717) is 31.9 Å². The lowest BCUT2D eigenvalue weighted by Gasteiger charge is -2.35. The van der Waals surface area contributed by atoms with Gasteiger partial charge in [0.05, 0.1) is 12.2 Å². The summed E-state index contributed by atoms with van der Waals surface area (Å²) in [5.74, 6) is -1.45. The number of rotatable bonds is 5. The molecule has 1 aromatic rings. The van der Waals surface area contributed by atoms with Crippen LogP contribution in [0.4, 0.5) is 11.4 Å². The number of hydrogen-bond donors (Lipinski definition) is 2. The summed E-state index contributed by atoms with van der Waals surface area (Å²) in [5, 5.41) is 8.59. The Morgan fingerprint density at radius 3 is 2.48 bits per heavy atom. The number of benzene rings is 1. The maximum atomic E-state index is 12.0. The molecule has 0 aromatic heterocycles. The molecule has 0 amide bonds. The predicted molar refractivity (Wildman–Crippen MR) is 80.7 cm³/mol. The Kier molecular flexibility index (Phi) is 4.69. The summed E-state index contributed by atoms with van der Waals surface area (Å²) >= 11 is 0. The van der Waals surface area contributed by atoms with Crippen LogP contribution in [0, 0.1) is 0 Å². The average Bonchev–Trinajstić information content (AvgIpc) is 2.45. The minimum absolute atomic E-state index is 0.347. The molecule has 1 aromatic carbocycles. The van der Waals surface area contributed by atoms with Gasteiger partial charge in [0.2, 0.25) is 10.0 Å². The molecule has 2 rings (SSSR count). The Hall–Kier alpha value is -1.80. The molecule has 7 nitrogen and oxygen atoms in total. The first-order valence-corrected chi connectivity index (χ1v) is 8.29. The maximum Gasteiger partial charge on any atom is 0.304 e. The number of aliphatic carboxylic acids is 1. The summed E-state index contributed by atoms with van der Waals surface area (Å²) in [6, 6.07) is 7.45. The van der Waals surface area contributed by atoms with Crippen molar-refractivity contribution >= 4 is 27.4 Å². The van der Waals surface area contributed by atoms with E-state index < -0.39 is 16.0 Å². The number of carboxylic acids is 1. The fourth-order valence-electron chi connectivity index (χ4n) is 2.29. The highest BCUT2D eigenvalue weighted by molar-refractivity contribution is 7.89. The van der Waals surface area contributed by atoms with Gasteiger partial charge in [-0.05, 0) is 18.2 Å². The molecule has 0 unspecified atom stereocenters. The third-order valence-corrected chi connectivity index (χ3v) is 5.31. The van der Waals surface area contributed by atoms with Crippen LogP contribution in [-0.2, 0) is 14.8 Å². The van der Waals surface area contributed by atoms with Crippen LogP contribution in [0.3, 0.4) is 0 Å². The zero-order chi connectivity index (χ0) is 15.5. The Balaban J connectivity index is 1.95. The molecular weight excluding hydrogens is 294 g/mol. The van der Waals surface area contributed by atoms with Crippen LogP contribution < -0.4 is 10.6 Å². The van der Waals surface area contributed by atoms with Crippen LogP contribution in [-0.4, -0.2) is 55.7 Å². The summed E-state index contributed by atoms with van der Waals surface area (Å²) < 4.78 is 25.4. The fraction of sp³-hybridized carbons (Fsp3) is 0.462. The van der Waals surface area contributed by atoms with Crippen molar-refractivity contribution in [3.63, 3.8) is 0 Å². The van der Waals surface area contributed by atoms with Gasteiger partial charge in [-0.3, -0.25) is 4.79 Å². The van der Waals surface area contributed by atoms with Crippen molar-refractivity contribution in [2.24, 2.45) is 0 Å². The molecule has 0 aliphatic carbocycles. The van der Waals surface area contributed by atoms with Crippen LogP contribution in [0.5, 0.6) is 0 Å². The Bertz CT molecular complexity index is 610. The molecule has 0 atom stereocenters. The van der Waals surface area contributed by atoms with Gasteiger partial charge in [-0.25, -0.2) is 8.42 Å². The zero-order valence-electron chi connectivity index (χ0n) is 11.6. The van der Waals surface area contributed by atoms with Gasteiger partial charge in [0.1, 0.15) is 0 Å². The standard InChI is InChI=1S/C13H19N3O4S/c14-11-2-1-3-12(10-11)15-5-7-16(8-6-15)21(19,20)9-4-13(17)18/h1-3,10H,4-9,14H2,(H,17,18). The number of piperazine rings is 1. The minimum Gasteiger partial charge on any atom is -0.481 e. The first-order chi connectivity index (χ1) is 9.88. The molecule has 0 bridgehead atoms. The number of anilines is 2. The van der Waals surface area contributed by atoms with E-state index >= 15 is 0 Å². The van der Waals surface area contributed by atoms with Gasteiger partial charge in [0.15, 0.2) is 0 Å². The monoisotopic (exact) mass is 313 g/mol. The molecule has 1 heterocycles. The van der Waals surface area contributed by atoms with Crippen molar-refractivity contribution in [1.82, 2.24) is 4.31 Å².